The molecule has 39 heavy (non-hydrogen) atoms. The zero-order valence-corrected chi connectivity index (χ0v) is 21.2. The van der Waals surface area contributed by atoms with Crippen molar-refractivity contribution in [3.05, 3.63) is 119 Å². The van der Waals surface area contributed by atoms with Gasteiger partial charge in [0.15, 0.2) is 5.78 Å². The van der Waals surface area contributed by atoms with Crippen molar-refractivity contribution < 1.29 is 23.9 Å². The third kappa shape index (κ3) is 5.06. The van der Waals surface area contributed by atoms with Gasteiger partial charge in [0, 0.05) is 41.7 Å². The summed E-state index contributed by atoms with van der Waals surface area (Å²) in [5.74, 6) is -1.39. The maximum Gasteiger partial charge on any atom is 0.338 e. The third-order valence-corrected chi connectivity index (χ3v) is 6.64. The van der Waals surface area contributed by atoms with Gasteiger partial charge in [-0.2, -0.15) is 0 Å². The van der Waals surface area contributed by atoms with Crippen molar-refractivity contribution in [2.24, 2.45) is 0 Å². The van der Waals surface area contributed by atoms with Crippen LogP contribution in [0.3, 0.4) is 0 Å². The number of cyclic esters (lactones) is 1. The molecule has 2 aliphatic heterocycles. The molecule has 4 heterocycles. The Morgan fingerprint density at radius 3 is 2.31 bits per heavy atom. The smallest absolute Gasteiger partial charge is 0.338 e. The first-order valence-corrected chi connectivity index (χ1v) is 12.4. The summed E-state index contributed by atoms with van der Waals surface area (Å²) in [4.78, 5) is 45.2. The van der Waals surface area contributed by atoms with Gasteiger partial charge in [0.25, 0.3) is 0 Å². The van der Waals surface area contributed by atoms with E-state index in [2.05, 4.69) is 15.3 Å². The fourth-order valence-corrected chi connectivity index (χ4v) is 4.81. The molecule has 9 nitrogen and oxygen atoms in total. The number of nitrogens with two attached hydrogens (primary N) is 1. The van der Waals surface area contributed by atoms with Gasteiger partial charge in [-0.05, 0) is 66.6 Å². The minimum atomic E-state index is -0.506. The van der Waals surface area contributed by atoms with E-state index in [0.717, 1.165) is 16.7 Å². The lowest BCUT2D eigenvalue weighted by atomic mass is 9.77. The second-order valence-corrected chi connectivity index (χ2v) is 8.92. The lowest BCUT2D eigenvalue weighted by Crippen LogP contribution is -2.33. The standard InChI is InChI=1S/C22H19N3O3.C8H7NO2/c1-2-28-22(27)16-4-3-5-17-19(16)21(26)18(14-6-10-23-11-7-14)20(25-17)15-8-12-24-13-9-15;9-7-3-1-2-5-6(7)4-11-8(5)10/h3-13,18,20,25H,2H2,1H3;1-3H,4,9H2. The number of hydrogen-bond donors (Lipinski definition) is 2. The predicted molar refractivity (Wildman–Crippen MR) is 144 cm³/mol. The number of rotatable bonds is 4. The number of esters is 2. The number of nitrogens with zero attached hydrogens (tertiary/aromatic N) is 2. The molecule has 196 valence electrons. The summed E-state index contributed by atoms with van der Waals surface area (Å²) in [6, 6.07) is 17.6. The van der Waals surface area contributed by atoms with Crippen molar-refractivity contribution in [2.45, 2.75) is 25.5 Å². The Labute approximate surface area is 225 Å². The maximum atomic E-state index is 13.6. The van der Waals surface area contributed by atoms with Crippen LogP contribution in [0, 0.1) is 0 Å². The molecule has 0 saturated carbocycles. The number of anilines is 2. The number of ether oxygens (including phenoxy) is 2. The molecule has 0 saturated heterocycles. The van der Waals surface area contributed by atoms with E-state index < -0.39 is 11.9 Å². The van der Waals surface area contributed by atoms with Crippen molar-refractivity contribution in [3.8, 4) is 0 Å². The molecule has 2 aliphatic rings. The lowest BCUT2D eigenvalue weighted by Gasteiger charge is -2.34. The van der Waals surface area contributed by atoms with Gasteiger partial charge < -0.3 is 20.5 Å². The molecule has 0 bridgehead atoms. The van der Waals surface area contributed by atoms with E-state index in [9.17, 15) is 14.4 Å². The van der Waals surface area contributed by atoms with Gasteiger partial charge in [0.05, 0.1) is 35.3 Å². The Morgan fingerprint density at radius 2 is 1.64 bits per heavy atom. The lowest BCUT2D eigenvalue weighted by molar-refractivity contribution is 0.0518. The normalized spacial score (nSPS) is 17.1. The minimum Gasteiger partial charge on any atom is -0.462 e. The van der Waals surface area contributed by atoms with Crippen molar-refractivity contribution >= 4 is 29.1 Å². The summed E-state index contributed by atoms with van der Waals surface area (Å²) < 4.78 is 9.94. The van der Waals surface area contributed by atoms with E-state index in [-0.39, 0.29) is 30.0 Å². The number of fused-ring (bicyclic) bond motifs is 2. The van der Waals surface area contributed by atoms with Gasteiger partial charge >= 0.3 is 11.9 Å². The van der Waals surface area contributed by atoms with Crippen LogP contribution in [0.2, 0.25) is 0 Å². The highest BCUT2D eigenvalue weighted by atomic mass is 16.5. The highest BCUT2D eigenvalue weighted by Crippen LogP contribution is 2.43. The Bertz CT molecular complexity index is 1530. The van der Waals surface area contributed by atoms with Crippen LogP contribution in [0.1, 0.15) is 66.6 Å². The number of Topliss-reactive ketones (excluding diaryl/α,β-unsaturated/α-hetero) is 1. The molecule has 0 amide bonds. The topological polar surface area (TPSA) is 134 Å². The SMILES string of the molecule is CCOC(=O)c1cccc2c1C(=O)C(c1ccncc1)C(c1ccncc1)N2.Nc1cccc2c1COC2=O. The molecule has 0 spiro atoms. The average molecular weight is 523 g/mol. The van der Waals surface area contributed by atoms with Crippen molar-refractivity contribution in [2.75, 3.05) is 17.7 Å². The highest BCUT2D eigenvalue weighted by molar-refractivity contribution is 6.14. The summed E-state index contributed by atoms with van der Waals surface area (Å²) in [6.07, 6.45) is 6.74. The fourth-order valence-electron chi connectivity index (χ4n) is 4.81. The van der Waals surface area contributed by atoms with E-state index >= 15 is 0 Å². The number of carbonyl (C=O) groups excluding carboxylic acids is 3. The number of nitrogens with one attached hydrogen (secondary N) is 1. The molecule has 6 rings (SSSR count). The van der Waals surface area contributed by atoms with E-state index in [1.165, 1.54) is 0 Å². The summed E-state index contributed by atoms with van der Waals surface area (Å²) in [6.45, 7) is 2.31. The zero-order chi connectivity index (χ0) is 27.4. The van der Waals surface area contributed by atoms with Crippen molar-refractivity contribution in [1.29, 1.82) is 0 Å². The van der Waals surface area contributed by atoms with Crippen LogP contribution in [0.15, 0.2) is 85.5 Å². The number of carbonyl (C=O) groups is 3. The fraction of sp³-hybridized carbons (Fsp3) is 0.167. The summed E-state index contributed by atoms with van der Waals surface area (Å²) in [5.41, 5.74) is 10.7. The van der Waals surface area contributed by atoms with E-state index in [1.54, 1.807) is 62.0 Å². The second kappa shape index (κ2) is 11.1. The van der Waals surface area contributed by atoms with Crippen LogP contribution >= 0.6 is 0 Å². The molecular formula is C30H26N4O5. The second-order valence-electron chi connectivity index (χ2n) is 8.92. The van der Waals surface area contributed by atoms with E-state index in [1.807, 2.05) is 30.3 Å². The van der Waals surface area contributed by atoms with Crippen LogP contribution in [-0.4, -0.2) is 34.3 Å². The van der Waals surface area contributed by atoms with Gasteiger partial charge in [-0.3, -0.25) is 14.8 Å². The summed E-state index contributed by atoms with van der Waals surface area (Å²) in [5, 5.41) is 3.45. The molecule has 0 aliphatic carbocycles. The molecule has 0 fully saturated rings. The molecular weight excluding hydrogens is 496 g/mol. The van der Waals surface area contributed by atoms with E-state index in [4.69, 9.17) is 15.2 Å². The third-order valence-electron chi connectivity index (χ3n) is 6.64. The van der Waals surface area contributed by atoms with Crippen LogP contribution in [0.4, 0.5) is 11.4 Å². The van der Waals surface area contributed by atoms with E-state index in [0.29, 0.717) is 29.1 Å². The van der Waals surface area contributed by atoms with Crippen LogP contribution in [0.25, 0.3) is 0 Å². The number of pyridine rings is 2. The number of benzene rings is 2. The van der Waals surface area contributed by atoms with Gasteiger partial charge in [-0.1, -0.05) is 12.1 Å². The van der Waals surface area contributed by atoms with Gasteiger partial charge in [0.2, 0.25) is 0 Å². The Morgan fingerprint density at radius 1 is 0.974 bits per heavy atom. The quantitative estimate of drug-likeness (QED) is 0.288. The zero-order valence-electron chi connectivity index (χ0n) is 21.2. The summed E-state index contributed by atoms with van der Waals surface area (Å²) >= 11 is 0. The highest BCUT2D eigenvalue weighted by Gasteiger charge is 2.39. The molecule has 4 aromatic rings. The molecule has 9 heteroatoms. The molecule has 3 N–H and O–H groups in total. The monoisotopic (exact) mass is 522 g/mol. The number of ketones is 1. The molecule has 2 atom stereocenters. The molecule has 2 unspecified atom stereocenters. The first-order chi connectivity index (χ1) is 19.0. The Balaban J connectivity index is 0.000000233. The number of hydrogen-bond acceptors (Lipinski definition) is 9. The van der Waals surface area contributed by atoms with Crippen molar-refractivity contribution in [1.82, 2.24) is 9.97 Å². The van der Waals surface area contributed by atoms with Crippen LogP contribution in [-0.2, 0) is 16.1 Å². The first-order valence-electron chi connectivity index (χ1n) is 12.4. The Hall–Kier alpha value is -5.05. The Kier molecular flexibility index (Phi) is 7.31. The number of nitrogen functional groups attached to an aromatic ring is 1. The van der Waals surface area contributed by atoms with Gasteiger partial charge in [0.1, 0.15) is 6.61 Å². The molecule has 2 aromatic carbocycles. The average Bonchev–Trinajstić information content (AvgIpc) is 3.36. The number of aromatic nitrogens is 2. The summed E-state index contributed by atoms with van der Waals surface area (Å²) in [7, 11) is 0. The maximum absolute atomic E-state index is 13.6. The molecule has 0 radical (unpaired) electrons. The minimum absolute atomic E-state index is 0.120. The predicted octanol–water partition coefficient (Wildman–Crippen LogP) is 4.73. The first kappa shape index (κ1) is 25.6. The van der Waals surface area contributed by atoms with Crippen LogP contribution < -0.4 is 11.1 Å². The van der Waals surface area contributed by atoms with Crippen molar-refractivity contribution in [3.63, 3.8) is 0 Å². The molecule has 2 aromatic heterocycles. The van der Waals surface area contributed by atoms with Gasteiger partial charge in [-0.25, -0.2) is 9.59 Å². The van der Waals surface area contributed by atoms with Gasteiger partial charge in [-0.15, -0.1) is 0 Å². The largest absolute Gasteiger partial charge is 0.462 e. The van der Waals surface area contributed by atoms with Crippen LogP contribution in [0.5, 0.6) is 0 Å².